The number of hydrogen-bond acceptors (Lipinski definition) is 2. The van der Waals surface area contributed by atoms with Gasteiger partial charge in [-0.15, -0.1) is 0 Å². The predicted molar refractivity (Wildman–Crippen MR) is 86.7 cm³/mol. The van der Waals surface area contributed by atoms with Crippen molar-refractivity contribution in [3.63, 3.8) is 0 Å². The van der Waals surface area contributed by atoms with E-state index in [1.54, 1.807) is 0 Å². The van der Waals surface area contributed by atoms with Crippen LogP contribution in [0.4, 0.5) is 0 Å². The second-order valence-electron chi connectivity index (χ2n) is 7.46. The van der Waals surface area contributed by atoms with Crippen LogP contribution >= 0.6 is 0 Å². The quantitative estimate of drug-likeness (QED) is 0.909. The summed E-state index contributed by atoms with van der Waals surface area (Å²) in [6.45, 7) is 12.6. The number of nitrogens with zero attached hydrogens (tertiary/aromatic N) is 1. The summed E-state index contributed by atoms with van der Waals surface area (Å²) in [7, 11) is 0. The highest BCUT2D eigenvalue weighted by Gasteiger charge is 2.29. The first kappa shape index (κ1) is 15.5. The monoisotopic (exact) mass is 274 g/mol. The number of rotatable bonds is 3. The molecule has 2 nitrogen and oxygen atoms in total. The van der Waals surface area contributed by atoms with E-state index in [2.05, 4.69) is 56.9 Å². The molecular formula is C18H30N2. The first-order chi connectivity index (χ1) is 9.36. The van der Waals surface area contributed by atoms with Gasteiger partial charge in [0.15, 0.2) is 0 Å². The third kappa shape index (κ3) is 4.07. The van der Waals surface area contributed by atoms with E-state index in [1.807, 2.05) is 0 Å². The summed E-state index contributed by atoms with van der Waals surface area (Å²) in [5.41, 5.74) is 9.36. The fraction of sp³-hybridized carbons (Fsp3) is 0.667. The maximum absolute atomic E-state index is 6.35. The van der Waals surface area contributed by atoms with Gasteiger partial charge in [-0.1, -0.05) is 50.6 Å². The molecule has 0 aromatic heterocycles. The van der Waals surface area contributed by atoms with E-state index in [-0.39, 0.29) is 6.04 Å². The van der Waals surface area contributed by atoms with Gasteiger partial charge in [-0.3, -0.25) is 0 Å². The number of benzene rings is 1. The van der Waals surface area contributed by atoms with E-state index >= 15 is 0 Å². The Hall–Kier alpha value is -0.860. The third-order valence-corrected chi connectivity index (χ3v) is 4.77. The standard InChI is InChI=1S/C18H30N2/c1-14-5-7-15(8-6-14)17(19)13-20-11-9-16(10-12-20)18(2,3)4/h5-8,16-17H,9-13,19H2,1-4H3. The molecule has 112 valence electrons. The molecule has 2 N–H and O–H groups in total. The molecule has 1 aromatic rings. The average molecular weight is 274 g/mol. The van der Waals surface area contributed by atoms with E-state index < -0.39 is 0 Å². The lowest BCUT2D eigenvalue weighted by Crippen LogP contribution is -2.41. The zero-order valence-corrected chi connectivity index (χ0v) is 13.5. The molecule has 1 atom stereocenters. The molecule has 1 fully saturated rings. The van der Waals surface area contributed by atoms with Gasteiger partial charge in [-0.2, -0.15) is 0 Å². The van der Waals surface area contributed by atoms with Crippen LogP contribution in [0.5, 0.6) is 0 Å². The Labute approximate surface area is 124 Å². The van der Waals surface area contributed by atoms with Crippen molar-refractivity contribution in [2.75, 3.05) is 19.6 Å². The van der Waals surface area contributed by atoms with Crippen LogP contribution in [0.15, 0.2) is 24.3 Å². The van der Waals surface area contributed by atoms with E-state index in [1.165, 1.54) is 37.1 Å². The zero-order chi connectivity index (χ0) is 14.8. The normalized spacial score (nSPS) is 20.1. The molecule has 1 aromatic carbocycles. The molecule has 0 saturated carbocycles. The lowest BCUT2D eigenvalue weighted by Gasteiger charge is -2.39. The Balaban J connectivity index is 1.85. The molecule has 20 heavy (non-hydrogen) atoms. The van der Waals surface area contributed by atoms with Crippen LogP contribution in [0, 0.1) is 18.3 Å². The lowest BCUT2D eigenvalue weighted by molar-refractivity contribution is 0.108. The molecule has 2 rings (SSSR count). The number of nitrogens with two attached hydrogens (primary N) is 1. The van der Waals surface area contributed by atoms with Gasteiger partial charge in [-0.25, -0.2) is 0 Å². The van der Waals surface area contributed by atoms with Crippen molar-refractivity contribution >= 4 is 0 Å². The van der Waals surface area contributed by atoms with Crippen molar-refractivity contribution in [2.24, 2.45) is 17.1 Å². The smallest absolute Gasteiger partial charge is 0.0424 e. The van der Waals surface area contributed by atoms with Crippen LogP contribution in [-0.2, 0) is 0 Å². The first-order valence-electron chi connectivity index (χ1n) is 7.91. The fourth-order valence-electron chi connectivity index (χ4n) is 3.18. The Kier molecular flexibility index (Phi) is 4.87. The molecule has 1 aliphatic rings. The Morgan fingerprint density at radius 3 is 2.20 bits per heavy atom. The first-order valence-corrected chi connectivity index (χ1v) is 7.91. The minimum atomic E-state index is 0.141. The van der Waals surface area contributed by atoms with Gasteiger partial charge < -0.3 is 10.6 Å². The van der Waals surface area contributed by atoms with Crippen LogP contribution in [0.25, 0.3) is 0 Å². The van der Waals surface area contributed by atoms with Gasteiger partial charge >= 0.3 is 0 Å². The maximum Gasteiger partial charge on any atom is 0.0424 e. The summed E-state index contributed by atoms with van der Waals surface area (Å²) in [6.07, 6.45) is 2.62. The van der Waals surface area contributed by atoms with E-state index in [0.29, 0.717) is 5.41 Å². The molecule has 0 radical (unpaired) electrons. The molecule has 0 aliphatic carbocycles. The highest BCUT2D eigenvalue weighted by molar-refractivity contribution is 5.24. The van der Waals surface area contributed by atoms with Crippen LogP contribution < -0.4 is 5.73 Å². The summed E-state index contributed by atoms with van der Waals surface area (Å²) >= 11 is 0. The summed E-state index contributed by atoms with van der Waals surface area (Å²) in [6, 6.07) is 8.79. The van der Waals surface area contributed by atoms with Gasteiger partial charge in [0.05, 0.1) is 0 Å². The fourth-order valence-corrected chi connectivity index (χ4v) is 3.18. The molecule has 0 bridgehead atoms. The maximum atomic E-state index is 6.35. The number of aryl methyl sites for hydroxylation is 1. The summed E-state index contributed by atoms with van der Waals surface area (Å²) in [4.78, 5) is 2.53. The predicted octanol–water partition coefficient (Wildman–Crippen LogP) is 3.75. The second-order valence-corrected chi connectivity index (χ2v) is 7.46. The highest BCUT2D eigenvalue weighted by Crippen LogP contribution is 2.34. The van der Waals surface area contributed by atoms with E-state index in [0.717, 1.165) is 12.5 Å². The Bertz CT molecular complexity index is 408. The minimum absolute atomic E-state index is 0.141. The highest BCUT2D eigenvalue weighted by atomic mass is 15.1. The molecule has 1 heterocycles. The molecule has 1 aliphatic heterocycles. The summed E-state index contributed by atoms with van der Waals surface area (Å²) in [5.74, 6) is 0.856. The molecule has 1 saturated heterocycles. The zero-order valence-electron chi connectivity index (χ0n) is 13.5. The SMILES string of the molecule is Cc1ccc(C(N)CN2CCC(C(C)(C)C)CC2)cc1. The summed E-state index contributed by atoms with van der Waals surface area (Å²) < 4.78 is 0. The van der Waals surface area contributed by atoms with Crippen molar-refractivity contribution in [3.05, 3.63) is 35.4 Å². The molecule has 0 spiro atoms. The molecule has 1 unspecified atom stereocenters. The van der Waals surface area contributed by atoms with Gasteiger partial charge in [0.25, 0.3) is 0 Å². The largest absolute Gasteiger partial charge is 0.323 e. The van der Waals surface area contributed by atoms with Crippen molar-refractivity contribution in [1.29, 1.82) is 0 Å². The van der Waals surface area contributed by atoms with Gasteiger partial charge in [0.2, 0.25) is 0 Å². The van der Waals surface area contributed by atoms with Gasteiger partial charge in [-0.05, 0) is 49.8 Å². The van der Waals surface area contributed by atoms with Crippen LogP contribution in [0.1, 0.15) is 50.8 Å². The Morgan fingerprint density at radius 2 is 1.70 bits per heavy atom. The molecule has 2 heteroatoms. The van der Waals surface area contributed by atoms with Crippen molar-refractivity contribution < 1.29 is 0 Å². The molecular weight excluding hydrogens is 244 g/mol. The van der Waals surface area contributed by atoms with E-state index in [9.17, 15) is 0 Å². The lowest BCUT2D eigenvalue weighted by atomic mass is 9.75. The topological polar surface area (TPSA) is 29.3 Å². The van der Waals surface area contributed by atoms with Crippen LogP contribution in [-0.4, -0.2) is 24.5 Å². The second kappa shape index (κ2) is 6.28. The third-order valence-electron chi connectivity index (χ3n) is 4.77. The number of hydrogen-bond donors (Lipinski definition) is 1. The van der Waals surface area contributed by atoms with Crippen LogP contribution in [0.2, 0.25) is 0 Å². The minimum Gasteiger partial charge on any atom is -0.323 e. The van der Waals surface area contributed by atoms with Crippen molar-refractivity contribution in [3.8, 4) is 0 Å². The van der Waals surface area contributed by atoms with Gasteiger partial charge in [0, 0.05) is 12.6 Å². The van der Waals surface area contributed by atoms with Crippen LogP contribution in [0.3, 0.4) is 0 Å². The molecule has 0 amide bonds. The average Bonchev–Trinajstić information content (AvgIpc) is 2.39. The summed E-state index contributed by atoms with van der Waals surface area (Å²) in [5, 5.41) is 0. The number of likely N-dealkylation sites (tertiary alicyclic amines) is 1. The van der Waals surface area contributed by atoms with Crippen molar-refractivity contribution in [2.45, 2.75) is 46.6 Å². The van der Waals surface area contributed by atoms with Gasteiger partial charge in [0.1, 0.15) is 0 Å². The number of piperidine rings is 1. The van der Waals surface area contributed by atoms with Crippen molar-refractivity contribution in [1.82, 2.24) is 4.90 Å². The van der Waals surface area contributed by atoms with E-state index in [4.69, 9.17) is 5.73 Å². The Morgan fingerprint density at radius 1 is 1.15 bits per heavy atom.